The Morgan fingerprint density at radius 2 is 1.68 bits per heavy atom. The lowest BCUT2D eigenvalue weighted by atomic mass is 10.1. The molecule has 0 aromatic rings. The summed E-state index contributed by atoms with van der Waals surface area (Å²) < 4.78 is 29.0. The molecule has 2 atom stereocenters. The third-order valence-electron chi connectivity index (χ3n) is 4.82. The van der Waals surface area contributed by atoms with Crippen molar-refractivity contribution in [1.29, 1.82) is 0 Å². The van der Waals surface area contributed by atoms with Gasteiger partial charge in [0.25, 0.3) is 10.2 Å². The number of hydrogen-bond acceptors (Lipinski definition) is 3. The van der Waals surface area contributed by atoms with E-state index in [1.165, 1.54) is 6.42 Å². The molecule has 0 N–H and O–H groups in total. The van der Waals surface area contributed by atoms with Crippen molar-refractivity contribution in [3.63, 3.8) is 0 Å². The fourth-order valence-corrected chi connectivity index (χ4v) is 5.62. The molecule has 0 radical (unpaired) electrons. The molecule has 0 amide bonds. The summed E-state index contributed by atoms with van der Waals surface area (Å²) in [6.45, 7) is 6.21. The maximum Gasteiger partial charge on any atom is 0.282 e. The molecular weight excluding hydrogens is 262 g/mol. The van der Waals surface area contributed by atoms with E-state index in [1.54, 1.807) is 8.61 Å². The molecule has 3 rings (SSSR count). The topological polar surface area (TPSA) is 43.9 Å². The Balaban J connectivity index is 1.76. The molecule has 3 fully saturated rings. The minimum atomic E-state index is -3.23. The molecular formula is C13H25N3O2S. The molecule has 0 unspecified atom stereocenters. The zero-order valence-electron chi connectivity index (χ0n) is 11.8. The van der Waals surface area contributed by atoms with Gasteiger partial charge >= 0.3 is 0 Å². The van der Waals surface area contributed by atoms with Gasteiger partial charge in [-0.05, 0) is 39.2 Å². The summed E-state index contributed by atoms with van der Waals surface area (Å²) in [5.74, 6) is 0. The Labute approximate surface area is 116 Å². The predicted molar refractivity (Wildman–Crippen MR) is 75.1 cm³/mol. The lowest BCUT2D eigenvalue weighted by Crippen LogP contribution is -2.60. The molecule has 0 saturated carbocycles. The first-order valence-corrected chi connectivity index (χ1v) is 9.00. The summed E-state index contributed by atoms with van der Waals surface area (Å²) in [6, 6.07) is 0.567. The Morgan fingerprint density at radius 1 is 0.947 bits per heavy atom. The number of piperazine rings is 1. The lowest BCUT2D eigenvalue weighted by Gasteiger charge is -2.43. The molecule has 5 nitrogen and oxygen atoms in total. The van der Waals surface area contributed by atoms with E-state index in [-0.39, 0.29) is 6.04 Å². The zero-order valence-corrected chi connectivity index (χ0v) is 12.6. The van der Waals surface area contributed by atoms with Gasteiger partial charge in [0.05, 0.1) is 0 Å². The van der Waals surface area contributed by atoms with E-state index in [9.17, 15) is 8.42 Å². The van der Waals surface area contributed by atoms with Gasteiger partial charge in [-0.2, -0.15) is 17.0 Å². The quantitative estimate of drug-likeness (QED) is 0.757. The number of hydrogen-bond donors (Lipinski definition) is 0. The van der Waals surface area contributed by atoms with Crippen molar-refractivity contribution in [2.75, 3.05) is 32.7 Å². The molecule has 3 aliphatic rings. The standard InChI is InChI=1S/C13H25N3O2S/c1-12-10-14-7-5-6-13(14)11-16(12)19(17,18)15-8-3-2-4-9-15/h12-13H,2-11H2,1H3/t12-,13+/m1/s1. The highest BCUT2D eigenvalue weighted by molar-refractivity contribution is 7.86. The second kappa shape index (κ2) is 5.31. The van der Waals surface area contributed by atoms with Crippen LogP contribution in [0.25, 0.3) is 0 Å². The average molecular weight is 287 g/mol. The van der Waals surface area contributed by atoms with E-state index in [2.05, 4.69) is 11.8 Å². The maximum absolute atomic E-state index is 12.8. The van der Waals surface area contributed by atoms with Gasteiger partial charge in [0.15, 0.2) is 0 Å². The Hall–Kier alpha value is -0.170. The highest BCUT2D eigenvalue weighted by Crippen LogP contribution is 2.28. The van der Waals surface area contributed by atoms with Crippen LogP contribution in [0.1, 0.15) is 39.0 Å². The smallest absolute Gasteiger partial charge is 0.282 e. The van der Waals surface area contributed by atoms with Gasteiger partial charge in [0.2, 0.25) is 0 Å². The van der Waals surface area contributed by atoms with E-state index in [0.29, 0.717) is 25.7 Å². The van der Waals surface area contributed by atoms with E-state index in [4.69, 9.17) is 0 Å². The normalized spacial score (nSPS) is 35.4. The summed E-state index contributed by atoms with van der Waals surface area (Å²) in [5.41, 5.74) is 0. The molecule has 19 heavy (non-hydrogen) atoms. The van der Waals surface area contributed by atoms with Crippen LogP contribution in [0.3, 0.4) is 0 Å². The number of fused-ring (bicyclic) bond motifs is 1. The van der Waals surface area contributed by atoms with Crippen molar-refractivity contribution in [3.8, 4) is 0 Å². The lowest BCUT2D eigenvalue weighted by molar-refractivity contribution is 0.110. The monoisotopic (exact) mass is 287 g/mol. The molecule has 0 bridgehead atoms. The van der Waals surface area contributed by atoms with Crippen LogP contribution >= 0.6 is 0 Å². The molecule has 110 valence electrons. The van der Waals surface area contributed by atoms with Gasteiger partial charge in [-0.1, -0.05) is 6.42 Å². The van der Waals surface area contributed by atoms with Crippen LogP contribution in [0.5, 0.6) is 0 Å². The summed E-state index contributed by atoms with van der Waals surface area (Å²) >= 11 is 0. The second-order valence-electron chi connectivity index (χ2n) is 6.18. The van der Waals surface area contributed by atoms with Gasteiger partial charge in [-0.3, -0.25) is 4.90 Å². The minimum absolute atomic E-state index is 0.112. The van der Waals surface area contributed by atoms with Crippen molar-refractivity contribution >= 4 is 10.2 Å². The maximum atomic E-state index is 12.8. The third kappa shape index (κ3) is 2.55. The molecule has 0 spiro atoms. The minimum Gasteiger partial charge on any atom is -0.297 e. The number of rotatable bonds is 2. The van der Waals surface area contributed by atoms with E-state index in [0.717, 1.165) is 38.8 Å². The Bertz CT molecular complexity index is 420. The van der Waals surface area contributed by atoms with Gasteiger partial charge in [0, 0.05) is 38.3 Å². The van der Waals surface area contributed by atoms with Crippen LogP contribution < -0.4 is 0 Å². The van der Waals surface area contributed by atoms with Crippen LogP contribution in [0.15, 0.2) is 0 Å². The van der Waals surface area contributed by atoms with Crippen LogP contribution in [0.4, 0.5) is 0 Å². The fraction of sp³-hybridized carbons (Fsp3) is 1.00. The highest BCUT2D eigenvalue weighted by atomic mass is 32.2. The van der Waals surface area contributed by atoms with E-state index in [1.807, 2.05) is 0 Å². The molecule has 0 aromatic heterocycles. The third-order valence-corrected chi connectivity index (χ3v) is 6.94. The molecule has 0 aliphatic carbocycles. The molecule has 3 aliphatic heterocycles. The SMILES string of the molecule is C[C@@H]1CN2CCC[C@H]2CN1S(=O)(=O)N1CCCCC1. The van der Waals surface area contributed by atoms with Gasteiger partial charge in [0.1, 0.15) is 0 Å². The second-order valence-corrected chi connectivity index (χ2v) is 8.06. The van der Waals surface area contributed by atoms with Crippen LogP contribution in [0, 0.1) is 0 Å². The molecule has 6 heteroatoms. The predicted octanol–water partition coefficient (Wildman–Crippen LogP) is 0.886. The highest BCUT2D eigenvalue weighted by Gasteiger charge is 2.41. The number of nitrogens with zero attached hydrogens (tertiary/aromatic N) is 3. The Morgan fingerprint density at radius 3 is 2.42 bits per heavy atom. The van der Waals surface area contributed by atoms with Crippen molar-refractivity contribution in [3.05, 3.63) is 0 Å². The van der Waals surface area contributed by atoms with Crippen molar-refractivity contribution in [1.82, 2.24) is 13.5 Å². The summed E-state index contributed by atoms with van der Waals surface area (Å²) in [4.78, 5) is 2.47. The first kappa shape index (κ1) is 13.8. The van der Waals surface area contributed by atoms with Crippen molar-refractivity contribution in [2.45, 2.75) is 51.1 Å². The van der Waals surface area contributed by atoms with Crippen molar-refractivity contribution < 1.29 is 8.42 Å². The zero-order chi connectivity index (χ0) is 13.5. The van der Waals surface area contributed by atoms with E-state index >= 15 is 0 Å². The van der Waals surface area contributed by atoms with Crippen LogP contribution in [0.2, 0.25) is 0 Å². The van der Waals surface area contributed by atoms with Crippen molar-refractivity contribution in [2.24, 2.45) is 0 Å². The van der Waals surface area contributed by atoms with E-state index < -0.39 is 10.2 Å². The molecule has 0 aromatic carbocycles. The average Bonchev–Trinajstić information content (AvgIpc) is 2.85. The number of piperidine rings is 1. The molecule has 3 saturated heterocycles. The molecule has 3 heterocycles. The summed E-state index contributed by atoms with van der Waals surface area (Å²) in [5, 5.41) is 0. The largest absolute Gasteiger partial charge is 0.297 e. The van der Waals surface area contributed by atoms with Gasteiger partial charge < -0.3 is 0 Å². The fourth-order valence-electron chi connectivity index (χ4n) is 3.73. The van der Waals surface area contributed by atoms with Crippen LogP contribution in [-0.2, 0) is 10.2 Å². The summed E-state index contributed by atoms with van der Waals surface area (Å²) in [6.07, 6.45) is 5.56. The van der Waals surface area contributed by atoms with Crippen LogP contribution in [-0.4, -0.2) is 66.7 Å². The first-order valence-electron chi connectivity index (χ1n) is 7.60. The summed E-state index contributed by atoms with van der Waals surface area (Å²) in [7, 11) is -3.23. The van der Waals surface area contributed by atoms with Gasteiger partial charge in [-0.15, -0.1) is 0 Å². The Kier molecular flexibility index (Phi) is 3.86. The van der Waals surface area contributed by atoms with Gasteiger partial charge in [-0.25, -0.2) is 0 Å². The first-order chi connectivity index (χ1) is 9.09.